The molecule has 8 nitrogen and oxygen atoms in total. The quantitative estimate of drug-likeness (QED) is 0.307. The first-order valence-electron chi connectivity index (χ1n) is 9.42. The monoisotopic (exact) mass is 479 g/mol. The van der Waals surface area contributed by atoms with E-state index in [-0.39, 0.29) is 21.6 Å². The van der Waals surface area contributed by atoms with Gasteiger partial charge in [0.1, 0.15) is 5.52 Å². The molecule has 0 aliphatic heterocycles. The topological polar surface area (TPSA) is 98.5 Å². The minimum Gasteiger partial charge on any atom is -0.320 e. The van der Waals surface area contributed by atoms with Crippen molar-refractivity contribution in [2.24, 2.45) is 0 Å². The van der Waals surface area contributed by atoms with Crippen molar-refractivity contribution in [1.82, 2.24) is 29.9 Å². The Kier molecular flexibility index (Phi) is 6.11. The average Bonchev–Trinajstić information content (AvgIpc) is 3.35. The van der Waals surface area contributed by atoms with Crippen molar-refractivity contribution in [3.63, 3.8) is 0 Å². The van der Waals surface area contributed by atoms with Gasteiger partial charge in [-0.05, 0) is 12.5 Å². The van der Waals surface area contributed by atoms with Crippen LogP contribution < -0.4 is 5.32 Å². The lowest BCUT2D eigenvalue weighted by atomic mass is 10.2. The van der Waals surface area contributed by atoms with Crippen LogP contribution >= 0.6 is 23.1 Å². The Morgan fingerprint density at radius 1 is 1.28 bits per heavy atom. The molecule has 0 saturated carbocycles. The molecular weight excluding hydrogens is 463 g/mol. The van der Waals surface area contributed by atoms with Crippen molar-refractivity contribution in [3.05, 3.63) is 41.9 Å². The molecule has 0 radical (unpaired) electrons. The predicted octanol–water partition coefficient (Wildman–Crippen LogP) is 4.55. The van der Waals surface area contributed by atoms with Crippen LogP contribution in [0.2, 0.25) is 0 Å². The lowest BCUT2D eigenvalue weighted by Crippen LogP contribution is -2.24. The van der Waals surface area contributed by atoms with E-state index in [1.54, 1.807) is 13.0 Å². The van der Waals surface area contributed by atoms with Gasteiger partial charge < -0.3 is 4.57 Å². The Morgan fingerprint density at radius 2 is 2.06 bits per heavy atom. The number of allylic oxidation sites excluding steroid dienone is 1. The maximum absolute atomic E-state index is 12.7. The molecule has 0 aliphatic carbocycles. The Morgan fingerprint density at radius 3 is 2.75 bits per heavy atom. The van der Waals surface area contributed by atoms with E-state index >= 15 is 0 Å². The van der Waals surface area contributed by atoms with Crippen molar-refractivity contribution in [3.8, 4) is 0 Å². The Balaban J connectivity index is 1.59. The molecule has 1 N–H and O–H groups in total. The number of nitrogens with zero attached hydrogens (tertiary/aromatic N) is 6. The fourth-order valence-electron chi connectivity index (χ4n) is 3.08. The third kappa shape index (κ3) is 4.30. The summed E-state index contributed by atoms with van der Waals surface area (Å²) in [6.07, 6.45) is -2.47. The van der Waals surface area contributed by atoms with Gasteiger partial charge in [-0.2, -0.15) is 13.2 Å². The summed E-state index contributed by atoms with van der Waals surface area (Å²) in [6, 6.07) is 7.70. The van der Waals surface area contributed by atoms with Crippen molar-refractivity contribution >= 4 is 56.2 Å². The average molecular weight is 480 g/mol. The minimum atomic E-state index is -4.61. The molecule has 1 atom stereocenters. The Bertz CT molecular complexity index is 1300. The standard InChI is InChI=1S/C19H16F3N7OS2/c1-3-9-29-11-8-6-5-7-10(11)13-14(29)23-17(27-25-13)31-12(4-2)15(30)24-18-28-26-16(32-18)19(20,21)22/h3,5-8,12H,1,4,9H2,2H3,(H,24,28,30). The second-order valence-electron chi connectivity index (χ2n) is 6.60. The molecule has 1 aromatic carbocycles. The van der Waals surface area contributed by atoms with Gasteiger partial charge in [0, 0.05) is 11.9 Å². The van der Waals surface area contributed by atoms with Crippen LogP contribution in [0.25, 0.3) is 22.1 Å². The number of hydrogen-bond acceptors (Lipinski definition) is 8. The summed E-state index contributed by atoms with van der Waals surface area (Å²) < 4.78 is 40.1. The molecule has 0 saturated heterocycles. The smallest absolute Gasteiger partial charge is 0.320 e. The maximum Gasteiger partial charge on any atom is 0.445 e. The first-order valence-corrected chi connectivity index (χ1v) is 11.1. The van der Waals surface area contributed by atoms with Crippen molar-refractivity contribution in [1.29, 1.82) is 0 Å². The van der Waals surface area contributed by atoms with Gasteiger partial charge in [-0.3, -0.25) is 10.1 Å². The van der Waals surface area contributed by atoms with Gasteiger partial charge in [-0.1, -0.05) is 54.3 Å². The molecule has 1 amide bonds. The van der Waals surface area contributed by atoms with Crippen LogP contribution in [0.15, 0.2) is 42.1 Å². The van der Waals surface area contributed by atoms with Gasteiger partial charge in [0.15, 0.2) is 5.65 Å². The number of aromatic nitrogens is 6. The molecule has 1 unspecified atom stereocenters. The number of alkyl halides is 3. The summed E-state index contributed by atoms with van der Waals surface area (Å²) >= 11 is 1.35. The van der Waals surface area contributed by atoms with E-state index in [1.165, 1.54) is 0 Å². The summed E-state index contributed by atoms with van der Waals surface area (Å²) in [5, 5.41) is 16.5. The highest BCUT2D eigenvalue weighted by Gasteiger charge is 2.36. The molecule has 0 bridgehead atoms. The molecule has 4 aromatic rings. The Hall–Kier alpha value is -3.06. The number of carbonyl (C=O) groups excluding carboxylic acids is 1. The van der Waals surface area contributed by atoms with Crippen LogP contribution in [0.4, 0.5) is 18.3 Å². The summed E-state index contributed by atoms with van der Waals surface area (Å²) in [4.78, 5) is 17.2. The second-order valence-corrected chi connectivity index (χ2v) is 8.74. The highest BCUT2D eigenvalue weighted by molar-refractivity contribution is 8.00. The zero-order valence-electron chi connectivity index (χ0n) is 16.6. The van der Waals surface area contributed by atoms with Crippen LogP contribution in [-0.2, 0) is 17.5 Å². The number of para-hydroxylation sites is 1. The number of nitrogens with one attached hydrogen (secondary N) is 1. The molecular formula is C19H16F3N7OS2. The van der Waals surface area contributed by atoms with E-state index in [9.17, 15) is 18.0 Å². The lowest BCUT2D eigenvalue weighted by Gasteiger charge is -2.12. The number of hydrogen-bond donors (Lipinski definition) is 1. The largest absolute Gasteiger partial charge is 0.445 e. The number of anilines is 1. The fourth-order valence-corrected chi connectivity index (χ4v) is 4.50. The zero-order valence-corrected chi connectivity index (χ0v) is 18.3. The molecule has 0 spiro atoms. The summed E-state index contributed by atoms with van der Waals surface area (Å²) in [5.41, 5.74) is 2.18. The lowest BCUT2D eigenvalue weighted by molar-refractivity contribution is -0.138. The van der Waals surface area contributed by atoms with Gasteiger partial charge in [0.25, 0.3) is 0 Å². The van der Waals surface area contributed by atoms with E-state index in [4.69, 9.17) is 0 Å². The van der Waals surface area contributed by atoms with Crippen LogP contribution in [-0.4, -0.2) is 41.1 Å². The van der Waals surface area contributed by atoms with Gasteiger partial charge in [-0.25, -0.2) is 4.98 Å². The molecule has 32 heavy (non-hydrogen) atoms. The maximum atomic E-state index is 12.7. The number of carbonyl (C=O) groups is 1. The van der Waals surface area contributed by atoms with E-state index in [0.29, 0.717) is 24.1 Å². The normalized spacial score (nSPS) is 12.9. The minimum absolute atomic E-state index is 0.220. The third-order valence-electron chi connectivity index (χ3n) is 4.47. The van der Waals surface area contributed by atoms with Crippen LogP contribution in [0.1, 0.15) is 18.4 Å². The number of halogens is 3. The molecule has 3 aromatic heterocycles. The SMILES string of the molecule is C=CCn1c2ccccc2c2nnc(SC(CC)C(=O)Nc3nnc(C(F)(F)F)s3)nc21. The molecule has 13 heteroatoms. The van der Waals surface area contributed by atoms with Gasteiger partial charge in [0.05, 0.1) is 10.8 Å². The second kappa shape index (κ2) is 8.82. The number of fused-ring (bicyclic) bond motifs is 3. The summed E-state index contributed by atoms with van der Waals surface area (Å²) in [7, 11) is 0. The van der Waals surface area contributed by atoms with E-state index in [1.807, 2.05) is 28.8 Å². The summed E-state index contributed by atoms with van der Waals surface area (Å²) in [6.45, 7) is 6.08. The van der Waals surface area contributed by atoms with Crippen LogP contribution in [0.3, 0.4) is 0 Å². The van der Waals surface area contributed by atoms with Crippen molar-refractivity contribution < 1.29 is 18.0 Å². The predicted molar refractivity (Wildman–Crippen MR) is 117 cm³/mol. The van der Waals surface area contributed by atoms with Crippen LogP contribution in [0, 0.1) is 0 Å². The van der Waals surface area contributed by atoms with E-state index in [0.717, 1.165) is 22.7 Å². The van der Waals surface area contributed by atoms with Gasteiger partial charge in [-0.15, -0.1) is 27.0 Å². The number of benzene rings is 1. The molecule has 0 fully saturated rings. The van der Waals surface area contributed by atoms with Crippen molar-refractivity contribution in [2.45, 2.75) is 36.5 Å². The van der Waals surface area contributed by atoms with Crippen LogP contribution in [0.5, 0.6) is 0 Å². The Labute approximate surface area is 188 Å². The highest BCUT2D eigenvalue weighted by atomic mass is 32.2. The molecule has 4 rings (SSSR count). The number of rotatable bonds is 7. The summed E-state index contributed by atoms with van der Waals surface area (Å²) in [5.74, 6) is -0.516. The zero-order chi connectivity index (χ0) is 22.9. The van der Waals surface area contributed by atoms with E-state index in [2.05, 4.69) is 37.3 Å². The number of thioether (sulfide) groups is 1. The first kappa shape index (κ1) is 22.1. The molecule has 0 aliphatic rings. The number of amides is 1. The van der Waals surface area contributed by atoms with Gasteiger partial charge in [0.2, 0.25) is 21.2 Å². The molecule has 166 valence electrons. The third-order valence-corrected chi connectivity index (χ3v) is 6.57. The van der Waals surface area contributed by atoms with Gasteiger partial charge >= 0.3 is 6.18 Å². The van der Waals surface area contributed by atoms with E-state index < -0.39 is 22.3 Å². The van der Waals surface area contributed by atoms with Crippen molar-refractivity contribution in [2.75, 3.05) is 5.32 Å². The molecule has 3 heterocycles. The highest BCUT2D eigenvalue weighted by Crippen LogP contribution is 2.34. The fraction of sp³-hybridized carbons (Fsp3) is 0.263. The first-order chi connectivity index (χ1) is 15.3.